The van der Waals surface area contributed by atoms with E-state index in [1.54, 1.807) is 12.1 Å². The van der Waals surface area contributed by atoms with Crippen LogP contribution >= 0.6 is 11.3 Å². The van der Waals surface area contributed by atoms with Crippen LogP contribution in [0.3, 0.4) is 0 Å². The minimum atomic E-state index is -3.73. The van der Waals surface area contributed by atoms with Gasteiger partial charge in [-0.15, -0.1) is 11.3 Å². The molecule has 0 fully saturated rings. The third kappa shape index (κ3) is 2.48. The third-order valence-corrected chi connectivity index (χ3v) is 5.00. The van der Waals surface area contributed by atoms with Crippen molar-refractivity contribution in [2.45, 2.75) is 11.8 Å². The number of aryl methyl sites for hydroxylation is 1. The quantitative estimate of drug-likeness (QED) is 0.747. The number of aromatic amines is 1. The van der Waals surface area contributed by atoms with Crippen LogP contribution in [0.15, 0.2) is 39.3 Å². The van der Waals surface area contributed by atoms with Crippen molar-refractivity contribution in [3.8, 4) is 11.4 Å². The van der Waals surface area contributed by atoms with Gasteiger partial charge >= 0.3 is 0 Å². The molecule has 2 aromatic heterocycles. The fourth-order valence-corrected chi connectivity index (χ4v) is 3.47. The van der Waals surface area contributed by atoms with Crippen LogP contribution in [0.25, 0.3) is 21.6 Å². The number of nitrogens with two attached hydrogens (primary N) is 1. The van der Waals surface area contributed by atoms with Gasteiger partial charge in [0.05, 0.1) is 10.3 Å². The lowest BCUT2D eigenvalue weighted by Crippen LogP contribution is -2.12. The van der Waals surface area contributed by atoms with E-state index in [0.717, 1.165) is 5.56 Å². The molecule has 0 aliphatic carbocycles. The van der Waals surface area contributed by atoms with Crippen LogP contribution in [0.2, 0.25) is 0 Å². The number of nitrogens with one attached hydrogen (secondary N) is 1. The Morgan fingerprint density at radius 1 is 1.24 bits per heavy atom. The minimum absolute atomic E-state index is 0.0154. The smallest absolute Gasteiger partial charge is 0.260 e. The summed E-state index contributed by atoms with van der Waals surface area (Å²) in [6.07, 6.45) is 0. The van der Waals surface area contributed by atoms with Crippen molar-refractivity contribution in [1.29, 1.82) is 0 Å². The number of thiophene rings is 1. The molecule has 2 heterocycles. The van der Waals surface area contributed by atoms with Gasteiger partial charge in [-0.05, 0) is 42.1 Å². The Hall–Kier alpha value is -2.03. The molecule has 0 radical (unpaired) electrons. The molecule has 3 aromatic rings. The average Bonchev–Trinajstić information content (AvgIpc) is 2.80. The van der Waals surface area contributed by atoms with Crippen molar-refractivity contribution in [1.82, 2.24) is 9.97 Å². The maximum Gasteiger partial charge on any atom is 0.260 e. The number of nitrogens with zero attached hydrogens (tertiary/aromatic N) is 1. The summed E-state index contributed by atoms with van der Waals surface area (Å²) in [6, 6.07) is 5.89. The molecule has 0 aliphatic rings. The summed E-state index contributed by atoms with van der Waals surface area (Å²) < 4.78 is 22.4. The Morgan fingerprint density at radius 3 is 2.52 bits per heavy atom. The van der Waals surface area contributed by atoms with Gasteiger partial charge in [0.15, 0.2) is 0 Å². The average molecular weight is 321 g/mol. The van der Waals surface area contributed by atoms with Crippen LogP contribution in [0.5, 0.6) is 0 Å². The molecule has 0 unspecified atom stereocenters. The van der Waals surface area contributed by atoms with Crippen molar-refractivity contribution < 1.29 is 8.42 Å². The van der Waals surface area contributed by atoms with Crippen LogP contribution in [-0.2, 0) is 10.0 Å². The first-order valence-electron chi connectivity index (χ1n) is 5.97. The number of hydrogen-bond acceptors (Lipinski definition) is 5. The maximum atomic E-state index is 12.1. The predicted octanol–water partition coefficient (Wildman–Crippen LogP) is 1.61. The Balaban J connectivity index is 2.15. The number of hydrogen-bond donors (Lipinski definition) is 2. The molecule has 3 N–H and O–H groups in total. The van der Waals surface area contributed by atoms with Gasteiger partial charge in [0.1, 0.15) is 10.7 Å². The summed E-state index contributed by atoms with van der Waals surface area (Å²) in [5.41, 5.74) is 1.30. The molecule has 0 atom stereocenters. The van der Waals surface area contributed by atoms with E-state index < -0.39 is 10.0 Å². The molecule has 0 aliphatic heterocycles. The van der Waals surface area contributed by atoms with Gasteiger partial charge in [-0.2, -0.15) is 0 Å². The lowest BCUT2D eigenvalue weighted by molar-refractivity contribution is 0.598. The van der Waals surface area contributed by atoms with Gasteiger partial charge in [-0.1, -0.05) is 0 Å². The molecule has 0 saturated heterocycles. The summed E-state index contributed by atoms with van der Waals surface area (Å²) in [5, 5.41) is 7.51. The molecule has 1 aromatic carbocycles. The zero-order chi connectivity index (χ0) is 15.2. The van der Waals surface area contributed by atoms with Crippen LogP contribution in [-0.4, -0.2) is 18.4 Å². The molecule has 8 heteroatoms. The van der Waals surface area contributed by atoms with E-state index in [1.807, 2.05) is 12.3 Å². The molecule has 6 nitrogen and oxygen atoms in total. The molecule has 108 valence electrons. The fraction of sp³-hybridized carbons (Fsp3) is 0.0769. The summed E-state index contributed by atoms with van der Waals surface area (Å²) in [5.74, 6) is 0.398. The molecule has 0 saturated carbocycles. The van der Waals surface area contributed by atoms with Gasteiger partial charge in [0.25, 0.3) is 5.56 Å². The highest BCUT2D eigenvalue weighted by molar-refractivity contribution is 7.89. The second kappa shape index (κ2) is 4.76. The van der Waals surface area contributed by atoms with Gasteiger partial charge in [-0.25, -0.2) is 18.5 Å². The number of primary sulfonamides is 1. The van der Waals surface area contributed by atoms with Crippen molar-refractivity contribution >= 4 is 31.6 Å². The van der Waals surface area contributed by atoms with Crippen molar-refractivity contribution in [2.75, 3.05) is 0 Å². The summed E-state index contributed by atoms with van der Waals surface area (Å²) in [4.78, 5) is 19.9. The maximum absolute atomic E-state index is 12.1. The van der Waals surface area contributed by atoms with Crippen LogP contribution in [0, 0.1) is 6.92 Å². The summed E-state index contributed by atoms with van der Waals surface area (Å²) in [7, 11) is -3.73. The summed E-state index contributed by atoms with van der Waals surface area (Å²) in [6.45, 7) is 1.86. The van der Waals surface area contributed by atoms with E-state index in [1.165, 1.54) is 23.5 Å². The molecule has 0 bridgehead atoms. The highest BCUT2D eigenvalue weighted by atomic mass is 32.2. The monoisotopic (exact) mass is 321 g/mol. The number of aromatic nitrogens is 2. The minimum Gasteiger partial charge on any atom is -0.306 e. The van der Waals surface area contributed by atoms with E-state index in [-0.39, 0.29) is 10.5 Å². The van der Waals surface area contributed by atoms with Crippen molar-refractivity contribution in [2.24, 2.45) is 5.14 Å². The highest BCUT2D eigenvalue weighted by Gasteiger charge is 2.11. The number of H-pyrrole nitrogens is 1. The van der Waals surface area contributed by atoms with Gasteiger partial charge in [0.2, 0.25) is 10.0 Å². The van der Waals surface area contributed by atoms with E-state index in [4.69, 9.17) is 5.14 Å². The first kappa shape index (κ1) is 13.9. The van der Waals surface area contributed by atoms with E-state index in [2.05, 4.69) is 9.97 Å². The van der Waals surface area contributed by atoms with Gasteiger partial charge in [0, 0.05) is 5.56 Å². The number of rotatable bonds is 2. The Morgan fingerprint density at radius 2 is 1.90 bits per heavy atom. The zero-order valence-electron chi connectivity index (χ0n) is 11.0. The SMILES string of the molecule is Cc1csc2nc(-c3ccc(S(N)(=O)=O)cc3)[nH]c(=O)c12. The van der Waals surface area contributed by atoms with E-state index in [0.29, 0.717) is 21.6 Å². The molecular weight excluding hydrogens is 310 g/mol. The molecule has 0 amide bonds. The predicted molar refractivity (Wildman–Crippen MR) is 81.8 cm³/mol. The van der Waals surface area contributed by atoms with Crippen molar-refractivity contribution in [3.05, 3.63) is 45.6 Å². The van der Waals surface area contributed by atoms with E-state index >= 15 is 0 Å². The zero-order valence-corrected chi connectivity index (χ0v) is 12.6. The second-order valence-electron chi connectivity index (χ2n) is 4.58. The number of benzene rings is 1. The normalized spacial score (nSPS) is 11.9. The van der Waals surface area contributed by atoms with Crippen LogP contribution in [0.4, 0.5) is 0 Å². The largest absolute Gasteiger partial charge is 0.306 e. The Bertz CT molecular complexity index is 986. The first-order chi connectivity index (χ1) is 9.86. The molecule has 3 rings (SSSR count). The number of sulfonamides is 1. The fourth-order valence-electron chi connectivity index (χ4n) is 2.03. The van der Waals surface area contributed by atoms with Gasteiger partial charge in [-0.3, -0.25) is 4.79 Å². The summed E-state index contributed by atoms with van der Waals surface area (Å²) >= 11 is 1.40. The molecular formula is C13H11N3O3S2. The van der Waals surface area contributed by atoms with Crippen LogP contribution in [0.1, 0.15) is 5.56 Å². The van der Waals surface area contributed by atoms with Crippen molar-refractivity contribution in [3.63, 3.8) is 0 Å². The lowest BCUT2D eigenvalue weighted by Gasteiger charge is -2.03. The highest BCUT2D eigenvalue weighted by Crippen LogP contribution is 2.23. The second-order valence-corrected chi connectivity index (χ2v) is 7.00. The Labute approximate surface area is 124 Å². The molecule has 21 heavy (non-hydrogen) atoms. The molecule has 0 spiro atoms. The van der Waals surface area contributed by atoms with E-state index in [9.17, 15) is 13.2 Å². The lowest BCUT2D eigenvalue weighted by atomic mass is 10.2. The Kier molecular flexibility index (Phi) is 3.16. The van der Waals surface area contributed by atoms with Gasteiger partial charge < -0.3 is 4.98 Å². The third-order valence-electron chi connectivity index (χ3n) is 3.08. The standard InChI is InChI=1S/C13H11N3O3S2/c1-7-6-20-13-10(7)12(17)15-11(16-13)8-2-4-9(5-3-8)21(14,18)19/h2-6H,1H3,(H2,14,18,19)(H,15,16,17). The first-order valence-corrected chi connectivity index (χ1v) is 8.40. The van der Waals surface area contributed by atoms with Crippen LogP contribution < -0.4 is 10.7 Å². The topological polar surface area (TPSA) is 106 Å². The number of fused-ring (bicyclic) bond motifs is 1.